The SMILES string of the molecule is CCCCCCCC(CC(c1ccccc1)C(Cn1ncnn1)c1nc2ccccc2s1)c1ccccc1Cl.CCCCCCCCCCCCc1ccc(S(=O)(=O)O)cc1. The zero-order chi connectivity index (χ0) is 43.1. The van der Waals surface area contributed by atoms with Crippen molar-refractivity contribution in [2.45, 2.75) is 159 Å². The molecule has 0 radical (unpaired) electrons. The van der Waals surface area contributed by atoms with E-state index in [0.29, 0.717) is 12.5 Å². The predicted octanol–water partition coefficient (Wildman–Crippen LogP) is 14.4. The number of unbranched alkanes of at least 4 members (excludes halogenated alkanes) is 13. The molecule has 11 heteroatoms. The van der Waals surface area contributed by atoms with Gasteiger partial charge in [0.05, 0.1) is 26.7 Å². The first kappa shape index (κ1) is 48.1. The largest absolute Gasteiger partial charge is 0.294 e. The molecule has 2 aromatic heterocycles. The maximum absolute atomic E-state index is 10.9. The highest BCUT2D eigenvalue weighted by Crippen LogP contribution is 2.45. The summed E-state index contributed by atoms with van der Waals surface area (Å²) in [4.78, 5) is 6.82. The Morgan fingerprint density at radius 1 is 0.689 bits per heavy atom. The van der Waals surface area contributed by atoms with Gasteiger partial charge in [0.15, 0.2) is 6.33 Å². The maximum atomic E-state index is 10.9. The van der Waals surface area contributed by atoms with E-state index in [1.54, 1.807) is 28.3 Å². The van der Waals surface area contributed by atoms with Crippen LogP contribution in [0.4, 0.5) is 0 Å². The predicted molar refractivity (Wildman–Crippen MR) is 253 cm³/mol. The summed E-state index contributed by atoms with van der Waals surface area (Å²) in [6.45, 7) is 5.13. The molecule has 3 atom stereocenters. The molecule has 0 saturated heterocycles. The van der Waals surface area contributed by atoms with E-state index in [9.17, 15) is 8.42 Å². The second-order valence-corrected chi connectivity index (χ2v) is 19.2. The van der Waals surface area contributed by atoms with Crippen molar-refractivity contribution in [3.63, 3.8) is 0 Å². The molecule has 1 N–H and O–H groups in total. The van der Waals surface area contributed by atoms with E-state index < -0.39 is 10.1 Å². The molecule has 6 aromatic rings. The molecule has 4 aromatic carbocycles. The van der Waals surface area contributed by atoms with Gasteiger partial charge in [0.2, 0.25) is 0 Å². The van der Waals surface area contributed by atoms with Gasteiger partial charge in [-0.2, -0.15) is 13.2 Å². The Morgan fingerprint density at radius 2 is 1.30 bits per heavy atom. The molecule has 328 valence electrons. The molecule has 6 rings (SSSR count). The normalized spacial score (nSPS) is 13.1. The molecular formula is C50H66ClN5O3S2. The van der Waals surface area contributed by atoms with Crippen LogP contribution in [0.5, 0.6) is 0 Å². The van der Waals surface area contributed by atoms with E-state index in [1.165, 1.54) is 124 Å². The summed E-state index contributed by atoms with van der Waals surface area (Å²) in [5.41, 5.74) is 4.73. The number of benzene rings is 4. The molecule has 3 unspecified atom stereocenters. The van der Waals surface area contributed by atoms with Crippen molar-refractivity contribution >= 4 is 43.3 Å². The second-order valence-electron chi connectivity index (χ2n) is 16.3. The summed E-state index contributed by atoms with van der Waals surface area (Å²) in [7, 11) is -4.06. The monoisotopic (exact) mass is 883 g/mol. The summed E-state index contributed by atoms with van der Waals surface area (Å²) >= 11 is 8.61. The van der Waals surface area contributed by atoms with Gasteiger partial charge in [0.1, 0.15) is 0 Å². The number of hydrogen-bond acceptors (Lipinski definition) is 7. The van der Waals surface area contributed by atoms with E-state index in [0.717, 1.165) is 46.8 Å². The minimum Gasteiger partial charge on any atom is -0.282 e. The van der Waals surface area contributed by atoms with Gasteiger partial charge in [-0.05, 0) is 89.8 Å². The van der Waals surface area contributed by atoms with Crippen molar-refractivity contribution in [1.82, 2.24) is 25.2 Å². The van der Waals surface area contributed by atoms with Crippen LogP contribution in [0.25, 0.3) is 10.2 Å². The van der Waals surface area contributed by atoms with E-state index in [4.69, 9.17) is 21.1 Å². The van der Waals surface area contributed by atoms with Crippen molar-refractivity contribution in [2.75, 3.05) is 0 Å². The molecule has 8 nitrogen and oxygen atoms in total. The summed E-state index contributed by atoms with van der Waals surface area (Å²) in [5, 5.41) is 14.6. The number of thiazole rings is 1. The van der Waals surface area contributed by atoms with Gasteiger partial charge in [-0.3, -0.25) is 4.55 Å². The van der Waals surface area contributed by atoms with Gasteiger partial charge in [-0.1, -0.05) is 188 Å². The van der Waals surface area contributed by atoms with Crippen LogP contribution in [0.15, 0.2) is 114 Å². The first-order chi connectivity index (χ1) is 29.8. The number of aryl methyl sites for hydroxylation is 1. The van der Waals surface area contributed by atoms with Gasteiger partial charge in [0.25, 0.3) is 10.1 Å². The molecule has 0 aliphatic carbocycles. The average molecular weight is 885 g/mol. The van der Waals surface area contributed by atoms with Crippen molar-refractivity contribution in [1.29, 1.82) is 0 Å². The maximum Gasteiger partial charge on any atom is 0.294 e. The van der Waals surface area contributed by atoms with Crippen LogP contribution < -0.4 is 0 Å². The summed E-state index contributed by atoms with van der Waals surface area (Å²) in [6, 6.07) is 34.2. The minimum absolute atomic E-state index is 0.0284. The number of rotatable bonds is 26. The number of halogens is 1. The van der Waals surface area contributed by atoms with Gasteiger partial charge >= 0.3 is 0 Å². The van der Waals surface area contributed by atoms with E-state index >= 15 is 0 Å². The molecule has 0 aliphatic rings. The van der Waals surface area contributed by atoms with Gasteiger partial charge in [-0.25, -0.2) is 4.98 Å². The van der Waals surface area contributed by atoms with Crippen molar-refractivity contribution in [3.05, 3.63) is 136 Å². The Bertz CT molecular complexity index is 2160. The lowest BCUT2D eigenvalue weighted by Crippen LogP contribution is -2.21. The third-order valence-corrected chi connectivity index (χ3v) is 14.1. The fourth-order valence-electron chi connectivity index (χ4n) is 8.26. The van der Waals surface area contributed by atoms with Gasteiger partial charge in [0, 0.05) is 10.9 Å². The number of hydrogen-bond donors (Lipinski definition) is 1. The van der Waals surface area contributed by atoms with E-state index in [1.807, 2.05) is 12.1 Å². The van der Waals surface area contributed by atoms with Crippen LogP contribution in [0.1, 0.15) is 162 Å². The lowest BCUT2D eigenvalue weighted by Gasteiger charge is -2.30. The Hall–Kier alpha value is -3.96. The van der Waals surface area contributed by atoms with Crippen molar-refractivity contribution < 1.29 is 13.0 Å². The van der Waals surface area contributed by atoms with Crippen LogP contribution >= 0.6 is 22.9 Å². The van der Waals surface area contributed by atoms with Crippen LogP contribution in [0.2, 0.25) is 5.02 Å². The van der Waals surface area contributed by atoms with Crippen molar-refractivity contribution in [2.24, 2.45) is 0 Å². The highest BCUT2D eigenvalue weighted by atomic mass is 35.5. The molecule has 0 saturated carbocycles. The lowest BCUT2D eigenvalue weighted by molar-refractivity contribution is 0.367. The first-order valence-corrected chi connectivity index (χ1v) is 25.3. The molecular weight excluding hydrogens is 818 g/mol. The zero-order valence-corrected chi connectivity index (χ0v) is 38.6. The van der Waals surface area contributed by atoms with E-state index in [2.05, 4.69) is 96.0 Å². The quantitative estimate of drug-likeness (QED) is 0.0426. The Morgan fingerprint density at radius 3 is 1.92 bits per heavy atom. The first-order valence-electron chi connectivity index (χ1n) is 22.7. The standard InChI is InChI=1S/C32H36ClN5S.C18H30O3S/c1-2-3-4-5-7-16-25(26-17-10-11-18-29(26)33)21-27(24-14-8-6-9-15-24)28(22-38-35-23-34-37-38)32-36-30-19-12-13-20-31(30)39-32;1-2-3-4-5-6-7-8-9-10-11-12-17-13-15-18(16-14-17)22(19,20)21/h6,8-15,17-20,23,25,27-28H,2-5,7,16,21-22H2,1H3;13-16H,2-12H2,1H3,(H,19,20,21). The highest BCUT2D eigenvalue weighted by Gasteiger charge is 2.32. The summed E-state index contributed by atoms with van der Waals surface area (Å²) < 4.78 is 32.0. The number of aromatic nitrogens is 5. The number of para-hydroxylation sites is 1. The molecule has 2 heterocycles. The molecule has 0 aliphatic heterocycles. The fourth-order valence-corrected chi connectivity index (χ4v) is 10.2. The Balaban J connectivity index is 0.000000273. The number of fused-ring (bicyclic) bond motifs is 1. The zero-order valence-electron chi connectivity index (χ0n) is 36.3. The summed E-state index contributed by atoms with van der Waals surface area (Å²) in [6.07, 6.45) is 24.0. The molecule has 0 fully saturated rings. The van der Waals surface area contributed by atoms with Crippen LogP contribution in [-0.2, 0) is 23.1 Å². The van der Waals surface area contributed by atoms with Crippen LogP contribution in [0.3, 0.4) is 0 Å². The second kappa shape index (κ2) is 26.5. The van der Waals surface area contributed by atoms with Crippen LogP contribution in [0, 0.1) is 0 Å². The van der Waals surface area contributed by atoms with Crippen molar-refractivity contribution in [3.8, 4) is 0 Å². The third kappa shape index (κ3) is 16.4. The molecule has 61 heavy (non-hydrogen) atoms. The van der Waals surface area contributed by atoms with E-state index in [-0.39, 0.29) is 16.7 Å². The third-order valence-electron chi connectivity index (χ3n) is 11.7. The molecule has 0 spiro atoms. The smallest absolute Gasteiger partial charge is 0.282 e. The number of nitrogens with zero attached hydrogens (tertiary/aromatic N) is 5. The number of tetrazole rings is 1. The Labute approximate surface area is 374 Å². The fraction of sp³-hybridized carbons (Fsp3) is 0.480. The lowest BCUT2D eigenvalue weighted by atomic mass is 9.76. The molecule has 0 amide bonds. The van der Waals surface area contributed by atoms with Gasteiger partial charge in [-0.15, -0.1) is 21.5 Å². The average Bonchev–Trinajstić information content (AvgIpc) is 3.96. The van der Waals surface area contributed by atoms with Crippen LogP contribution in [-0.4, -0.2) is 38.2 Å². The summed E-state index contributed by atoms with van der Waals surface area (Å²) in [5.74, 6) is 0.630. The topological polar surface area (TPSA) is 111 Å². The van der Waals surface area contributed by atoms with Gasteiger partial charge < -0.3 is 0 Å². The molecule has 0 bridgehead atoms. The Kier molecular flexibility index (Phi) is 20.9. The highest BCUT2D eigenvalue weighted by molar-refractivity contribution is 7.85. The minimum atomic E-state index is -4.06.